The Labute approximate surface area is 191 Å². The minimum atomic E-state index is -0.172. The van der Waals surface area contributed by atoms with Crippen molar-refractivity contribution in [2.24, 2.45) is 7.05 Å². The van der Waals surface area contributed by atoms with E-state index in [4.69, 9.17) is 0 Å². The first-order valence-electron chi connectivity index (χ1n) is 10.0. The summed E-state index contributed by atoms with van der Waals surface area (Å²) in [5.41, 5.74) is 0.429. The molecule has 3 aromatic heterocycles. The monoisotopic (exact) mass is 494 g/mol. The Balaban J connectivity index is 2.39. The third-order valence-electron chi connectivity index (χ3n) is 5.93. The van der Waals surface area contributed by atoms with Gasteiger partial charge in [0.05, 0.1) is 9.17 Å². The summed E-state index contributed by atoms with van der Waals surface area (Å²) in [7, 11) is 1.69. The molecule has 0 saturated carbocycles. The molecule has 0 radical (unpaired) electrons. The summed E-state index contributed by atoms with van der Waals surface area (Å²) in [4.78, 5) is 27.9. The van der Waals surface area contributed by atoms with Crippen molar-refractivity contribution in [3.63, 3.8) is 0 Å². The number of benzene rings is 1. The Morgan fingerprint density at radius 2 is 1.65 bits per heavy atom. The van der Waals surface area contributed by atoms with Gasteiger partial charge in [-0.15, -0.1) is 11.3 Å². The molecule has 158 valence electrons. The van der Waals surface area contributed by atoms with E-state index in [1.807, 2.05) is 18.2 Å². The van der Waals surface area contributed by atoms with Crippen LogP contribution in [-0.2, 0) is 13.6 Å². The Morgan fingerprint density at radius 3 is 2.26 bits per heavy atom. The Kier molecular flexibility index (Phi) is 5.40. The normalized spacial score (nSPS) is 11.6. The summed E-state index contributed by atoms with van der Waals surface area (Å²) in [6.07, 6.45) is 1.84. The van der Waals surface area contributed by atoms with E-state index in [1.165, 1.54) is 15.9 Å². The summed E-state index contributed by atoms with van der Waals surface area (Å²) in [6, 6.07) is 5.72. The van der Waals surface area contributed by atoms with Crippen LogP contribution in [0.3, 0.4) is 0 Å². The maximum Gasteiger partial charge on any atom is 0.259 e. The maximum atomic E-state index is 13.6. The predicted octanol–water partition coefficient (Wildman–Crippen LogP) is 2.79. The standard InChI is InChI=1S/C25H23BrN2O2S/c1-7-8-11-28-16(5)14(3)21-18(24(28)29)12-17(19-9-10-20(26)31-19)23-22(21)13(2)15(4)27(6)25(23)30/h9-10,12H,2-5,7-8,11H2,1,6H3. The third kappa shape index (κ3) is 3.17. The summed E-state index contributed by atoms with van der Waals surface area (Å²) in [5, 5.41) is 4.69. The number of thiophene rings is 1. The van der Waals surface area contributed by atoms with Crippen molar-refractivity contribution < 1.29 is 0 Å². The average Bonchev–Trinajstić information content (AvgIpc) is 3.19. The first-order chi connectivity index (χ1) is 14.7. The van der Waals surface area contributed by atoms with E-state index >= 15 is 0 Å². The predicted molar refractivity (Wildman–Crippen MR) is 137 cm³/mol. The van der Waals surface area contributed by atoms with Gasteiger partial charge in [-0.1, -0.05) is 39.7 Å². The molecule has 4 rings (SSSR count). The van der Waals surface area contributed by atoms with Crippen LogP contribution in [0.1, 0.15) is 19.8 Å². The topological polar surface area (TPSA) is 44.0 Å². The highest BCUT2D eigenvalue weighted by Gasteiger charge is 2.19. The van der Waals surface area contributed by atoms with Crippen LogP contribution in [0.25, 0.3) is 58.3 Å². The zero-order chi connectivity index (χ0) is 22.6. The molecule has 6 heteroatoms. The highest BCUT2D eigenvalue weighted by atomic mass is 79.9. The van der Waals surface area contributed by atoms with E-state index in [-0.39, 0.29) is 11.1 Å². The molecule has 0 fully saturated rings. The second kappa shape index (κ2) is 7.77. The molecule has 0 N–H and O–H groups in total. The SMILES string of the molecule is C=c1c(=C)n(CCCC)c(=O)c2cc(-c3ccc(Br)s3)c3c(=O)n(C)c(=C)c(=C)c3c12. The van der Waals surface area contributed by atoms with Crippen LogP contribution in [0, 0.1) is 0 Å². The van der Waals surface area contributed by atoms with Gasteiger partial charge in [0.15, 0.2) is 0 Å². The Hall–Kier alpha value is -2.70. The summed E-state index contributed by atoms with van der Waals surface area (Å²) in [5.74, 6) is 0. The van der Waals surface area contributed by atoms with Crippen LogP contribution in [-0.4, -0.2) is 9.13 Å². The van der Waals surface area contributed by atoms with Gasteiger partial charge < -0.3 is 9.13 Å². The van der Waals surface area contributed by atoms with Crippen LogP contribution in [0.4, 0.5) is 0 Å². The summed E-state index contributed by atoms with van der Waals surface area (Å²) in [6.45, 7) is 19.3. The smallest absolute Gasteiger partial charge is 0.259 e. The number of aromatic nitrogens is 2. The van der Waals surface area contributed by atoms with E-state index in [0.29, 0.717) is 49.2 Å². The van der Waals surface area contributed by atoms with Gasteiger partial charge >= 0.3 is 0 Å². The molecule has 31 heavy (non-hydrogen) atoms. The lowest BCUT2D eigenvalue weighted by Crippen LogP contribution is -2.45. The van der Waals surface area contributed by atoms with Crippen LogP contribution >= 0.6 is 27.3 Å². The van der Waals surface area contributed by atoms with Gasteiger partial charge in [-0.3, -0.25) is 9.59 Å². The number of rotatable bonds is 4. The zero-order valence-electron chi connectivity index (χ0n) is 17.7. The van der Waals surface area contributed by atoms with Gasteiger partial charge in [-0.2, -0.15) is 0 Å². The largest absolute Gasteiger partial charge is 0.311 e. The van der Waals surface area contributed by atoms with Crippen molar-refractivity contribution in [2.75, 3.05) is 0 Å². The van der Waals surface area contributed by atoms with E-state index in [9.17, 15) is 9.59 Å². The van der Waals surface area contributed by atoms with E-state index in [1.54, 1.807) is 11.6 Å². The Bertz CT molecular complexity index is 1710. The minimum absolute atomic E-state index is 0.120. The molecular formula is C25H23BrN2O2S. The first kappa shape index (κ1) is 21.5. The molecule has 0 aliphatic carbocycles. The Morgan fingerprint density at radius 1 is 0.968 bits per heavy atom. The molecule has 3 heterocycles. The van der Waals surface area contributed by atoms with Gasteiger partial charge in [-0.25, -0.2) is 0 Å². The first-order valence-corrected chi connectivity index (χ1v) is 11.6. The maximum absolute atomic E-state index is 13.6. The number of hydrogen-bond donors (Lipinski definition) is 0. The average molecular weight is 495 g/mol. The fourth-order valence-corrected chi connectivity index (χ4v) is 5.52. The highest BCUT2D eigenvalue weighted by Crippen LogP contribution is 2.35. The van der Waals surface area contributed by atoms with Gasteiger partial charge in [0.25, 0.3) is 11.1 Å². The molecule has 0 amide bonds. The lowest BCUT2D eigenvalue weighted by Gasteiger charge is -2.15. The van der Waals surface area contributed by atoms with Gasteiger partial charge in [-0.05, 0) is 51.0 Å². The summed E-state index contributed by atoms with van der Waals surface area (Å²) >= 11 is 5.02. The lowest BCUT2D eigenvalue weighted by molar-refractivity contribution is 0.602. The van der Waals surface area contributed by atoms with Crippen molar-refractivity contribution in [1.29, 1.82) is 0 Å². The van der Waals surface area contributed by atoms with Crippen molar-refractivity contribution in [3.05, 3.63) is 63.8 Å². The minimum Gasteiger partial charge on any atom is -0.311 e. The summed E-state index contributed by atoms with van der Waals surface area (Å²) < 4.78 is 4.16. The van der Waals surface area contributed by atoms with Crippen molar-refractivity contribution in [1.82, 2.24) is 9.13 Å². The van der Waals surface area contributed by atoms with Crippen LogP contribution in [0.5, 0.6) is 0 Å². The molecule has 0 aliphatic rings. The lowest BCUT2D eigenvalue weighted by atomic mass is 9.95. The van der Waals surface area contributed by atoms with Crippen molar-refractivity contribution in [3.8, 4) is 10.4 Å². The van der Waals surface area contributed by atoms with Crippen LogP contribution in [0.15, 0.2) is 31.6 Å². The van der Waals surface area contributed by atoms with Gasteiger partial charge in [0.1, 0.15) is 0 Å². The van der Waals surface area contributed by atoms with Crippen LogP contribution in [0.2, 0.25) is 0 Å². The fourth-order valence-electron chi connectivity index (χ4n) is 4.11. The highest BCUT2D eigenvalue weighted by molar-refractivity contribution is 9.11. The molecule has 0 unspecified atom stereocenters. The fraction of sp³-hybridized carbons (Fsp3) is 0.200. The molecule has 0 atom stereocenters. The zero-order valence-corrected chi connectivity index (χ0v) is 20.1. The van der Waals surface area contributed by atoms with E-state index in [0.717, 1.165) is 27.1 Å². The quantitative estimate of drug-likeness (QED) is 0.409. The molecule has 4 aromatic rings. The van der Waals surface area contributed by atoms with Crippen molar-refractivity contribution >= 4 is 75.1 Å². The number of halogens is 1. The molecule has 1 aromatic carbocycles. The molecule has 0 saturated heterocycles. The number of unbranched alkanes of at least 4 members (excludes halogenated alkanes) is 1. The van der Waals surface area contributed by atoms with Gasteiger partial charge in [0.2, 0.25) is 0 Å². The third-order valence-corrected chi connectivity index (χ3v) is 7.58. The molecule has 0 aliphatic heterocycles. The van der Waals surface area contributed by atoms with Gasteiger partial charge in [0, 0.05) is 50.9 Å². The molecular weight excluding hydrogens is 472 g/mol. The van der Waals surface area contributed by atoms with E-state index in [2.05, 4.69) is 49.2 Å². The molecule has 0 spiro atoms. The van der Waals surface area contributed by atoms with E-state index < -0.39 is 0 Å². The number of fused-ring (bicyclic) bond motifs is 3. The second-order valence-corrected chi connectivity index (χ2v) is 10.2. The molecule has 0 bridgehead atoms. The number of nitrogens with zero attached hydrogens (tertiary/aromatic N) is 2. The number of hydrogen-bond acceptors (Lipinski definition) is 3. The van der Waals surface area contributed by atoms with Crippen molar-refractivity contribution in [2.45, 2.75) is 26.3 Å². The van der Waals surface area contributed by atoms with Crippen LogP contribution < -0.4 is 32.3 Å². The number of pyridine rings is 2. The molecule has 4 nitrogen and oxygen atoms in total. The second-order valence-electron chi connectivity index (χ2n) is 7.73.